The zero-order valence-corrected chi connectivity index (χ0v) is 10.3. The standard InChI is InChI=1S/C13H17BO3/c1-13(2)8-16-14(17-9-13)11-5-3-10(4-6-11)12-7-15-12/h3-6,12H,7-9H2,1-2H3. The summed E-state index contributed by atoms with van der Waals surface area (Å²) in [6, 6.07) is 8.33. The van der Waals surface area contributed by atoms with E-state index in [0.717, 1.165) is 25.3 Å². The van der Waals surface area contributed by atoms with E-state index in [0.29, 0.717) is 6.10 Å². The molecule has 17 heavy (non-hydrogen) atoms. The van der Waals surface area contributed by atoms with Gasteiger partial charge in [0, 0.05) is 18.6 Å². The fourth-order valence-electron chi connectivity index (χ4n) is 1.99. The smallest absolute Gasteiger partial charge is 0.407 e. The van der Waals surface area contributed by atoms with Crippen LogP contribution in [0.15, 0.2) is 24.3 Å². The normalized spacial score (nSPS) is 26.9. The van der Waals surface area contributed by atoms with E-state index in [1.807, 2.05) is 0 Å². The summed E-state index contributed by atoms with van der Waals surface area (Å²) < 4.78 is 16.7. The number of hydrogen-bond acceptors (Lipinski definition) is 3. The minimum atomic E-state index is -0.211. The Morgan fingerprint density at radius 2 is 1.71 bits per heavy atom. The second-order valence-corrected chi connectivity index (χ2v) is 5.61. The second-order valence-electron chi connectivity index (χ2n) is 5.61. The van der Waals surface area contributed by atoms with Gasteiger partial charge in [-0.05, 0) is 11.0 Å². The minimum Gasteiger partial charge on any atom is -0.407 e. The molecule has 1 unspecified atom stereocenters. The summed E-state index contributed by atoms with van der Waals surface area (Å²) in [4.78, 5) is 0. The maximum absolute atomic E-state index is 5.74. The highest BCUT2D eigenvalue weighted by Crippen LogP contribution is 2.29. The molecule has 0 bridgehead atoms. The Kier molecular flexibility index (Phi) is 2.73. The number of ether oxygens (including phenoxy) is 1. The molecule has 4 heteroatoms. The number of rotatable bonds is 2. The molecule has 0 aromatic heterocycles. The average Bonchev–Trinajstić information content (AvgIpc) is 3.13. The van der Waals surface area contributed by atoms with Gasteiger partial charge >= 0.3 is 7.12 Å². The van der Waals surface area contributed by atoms with E-state index in [9.17, 15) is 0 Å². The number of hydrogen-bond donors (Lipinski definition) is 0. The monoisotopic (exact) mass is 232 g/mol. The van der Waals surface area contributed by atoms with Crippen LogP contribution in [0.5, 0.6) is 0 Å². The molecule has 1 atom stereocenters. The highest BCUT2D eigenvalue weighted by Gasteiger charge is 2.33. The molecule has 3 nitrogen and oxygen atoms in total. The van der Waals surface area contributed by atoms with Crippen molar-refractivity contribution >= 4 is 12.6 Å². The van der Waals surface area contributed by atoms with Gasteiger partial charge in [0.15, 0.2) is 0 Å². The first kappa shape index (κ1) is 11.3. The highest BCUT2D eigenvalue weighted by molar-refractivity contribution is 6.61. The van der Waals surface area contributed by atoms with Crippen LogP contribution in [0.1, 0.15) is 25.5 Å². The SMILES string of the molecule is CC1(C)COB(c2ccc(C3CO3)cc2)OC1. The largest absolute Gasteiger partial charge is 0.493 e. The Labute approximate surface area is 102 Å². The lowest BCUT2D eigenvalue weighted by atomic mass is 9.75. The zero-order chi connectivity index (χ0) is 11.9. The Bertz CT molecular complexity index is 388. The molecule has 0 N–H and O–H groups in total. The first-order chi connectivity index (χ1) is 8.14. The van der Waals surface area contributed by atoms with Gasteiger partial charge in [-0.3, -0.25) is 0 Å². The van der Waals surface area contributed by atoms with Gasteiger partial charge in [0.2, 0.25) is 0 Å². The van der Waals surface area contributed by atoms with E-state index in [4.69, 9.17) is 14.0 Å². The molecule has 1 aromatic rings. The lowest BCUT2D eigenvalue weighted by molar-refractivity contribution is 0.0343. The third-order valence-corrected chi connectivity index (χ3v) is 3.16. The zero-order valence-electron chi connectivity index (χ0n) is 10.3. The predicted molar refractivity (Wildman–Crippen MR) is 66.2 cm³/mol. The van der Waals surface area contributed by atoms with Gasteiger partial charge in [-0.25, -0.2) is 0 Å². The van der Waals surface area contributed by atoms with Crippen molar-refractivity contribution in [1.82, 2.24) is 0 Å². The lowest BCUT2D eigenvalue weighted by Crippen LogP contribution is -2.47. The maximum atomic E-state index is 5.74. The van der Waals surface area contributed by atoms with E-state index in [1.54, 1.807) is 0 Å². The molecule has 2 saturated heterocycles. The molecule has 90 valence electrons. The predicted octanol–water partition coefficient (Wildman–Crippen LogP) is 1.53. The molecule has 0 spiro atoms. The Balaban J connectivity index is 1.68. The molecule has 2 aliphatic rings. The van der Waals surface area contributed by atoms with Crippen LogP contribution in [-0.4, -0.2) is 26.9 Å². The third-order valence-electron chi connectivity index (χ3n) is 3.16. The van der Waals surface area contributed by atoms with Gasteiger partial charge < -0.3 is 14.0 Å². The fraction of sp³-hybridized carbons (Fsp3) is 0.538. The van der Waals surface area contributed by atoms with Gasteiger partial charge in [0.1, 0.15) is 6.10 Å². The topological polar surface area (TPSA) is 31.0 Å². The minimum absolute atomic E-state index is 0.123. The van der Waals surface area contributed by atoms with Crippen LogP contribution < -0.4 is 5.46 Å². The van der Waals surface area contributed by atoms with Crippen LogP contribution in [-0.2, 0) is 14.0 Å². The van der Waals surface area contributed by atoms with Crippen molar-refractivity contribution in [3.63, 3.8) is 0 Å². The van der Waals surface area contributed by atoms with Crippen LogP contribution in [0.25, 0.3) is 0 Å². The summed E-state index contributed by atoms with van der Waals surface area (Å²) in [6.45, 7) is 6.63. The Morgan fingerprint density at radius 1 is 1.12 bits per heavy atom. The van der Waals surface area contributed by atoms with Gasteiger partial charge in [0.05, 0.1) is 6.61 Å². The molecule has 0 saturated carbocycles. The van der Waals surface area contributed by atoms with Crippen molar-refractivity contribution in [2.75, 3.05) is 19.8 Å². The summed E-state index contributed by atoms with van der Waals surface area (Å²) in [5.74, 6) is 0. The van der Waals surface area contributed by atoms with E-state index >= 15 is 0 Å². The summed E-state index contributed by atoms with van der Waals surface area (Å²) in [7, 11) is -0.211. The molecule has 2 heterocycles. The Morgan fingerprint density at radius 3 is 2.24 bits per heavy atom. The van der Waals surface area contributed by atoms with Crippen LogP contribution in [0.2, 0.25) is 0 Å². The summed E-state index contributed by atoms with van der Waals surface area (Å²) in [6.07, 6.45) is 0.316. The molecule has 3 rings (SSSR count). The molecular weight excluding hydrogens is 215 g/mol. The number of benzene rings is 1. The molecule has 0 aliphatic carbocycles. The summed E-state index contributed by atoms with van der Waals surface area (Å²) in [5, 5.41) is 0. The first-order valence-electron chi connectivity index (χ1n) is 6.09. The third kappa shape index (κ3) is 2.54. The quantitative estimate of drug-likeness (QED) is 0.572. The van der Waals surface area contributed by atoms with Gasteiger partial charge in [-0.15, -0.1) is 0 Å². The van der Waals surface area contributed by atoms with Crippen LogP contribution in [0.4, 0.5) is 0 Å². The second kappa shape index (κ2) is 4.12. The summed E-state index contributed by atoms with van der Waals surface area (Å²) in [5.41, 5.74) is 2.45. The van der Waals surface area contributed by atoms with Gasteiger partial charge in [-0.2, -0.15) is 0 Å². The van der Waals surface area contributed by atoms with Crippen LogP contribution in [0, 0.1) is 5.41 Å². The van der Waals surface area contributed by atoms with Crippen LogP contribution in [0.3, 0.4) is 0 Å². The first-order valence-corrected chi connectivity index (χ1v) is 6.09. The lowest BCUT2D eigenvalue weighted by Gasteiger charge is -2.33. The molecular formula is C13H17BO3. The maximum Gasteiger partial charge on any atom is 0.493 e. The number of epoxide rings is 1. The van der Waals surface area contributed by atoms with E-state index in [-0.39, 0.29) is 12.5 Å². The van der Waals surface area contributed by atoms with Crippen molar-refractivity contribution in [3.8, 4) is 0 Å². The molecule has 1 aromatic carbocycles. The summed E-state index contributed by atoms with van der Waals surface area (Å²) >= 11 is 0. The molecule has 0 radical (unpaired) electrons. The highest BCUT2D eigenvalue weighted by atomic mass is 16.6. The van der Waals surface area contributed by atoms with E-state index < -0.39 is 0 Å². The fourth-order valence-corrected chi connectivity index (χ4v) is 1.99. The molecule has 2 fully saturated rings. The van der Waals surface area contributed by atoms with E-state index in [2.05, 4.69) is 38.1 Å². The van der Waals surface area contributed by atoms with Crippen LogP contribution >= 0.6 is 0 Å². The Hall–Kier alpha value is -0.835. The molecule has 0 amide bonds. The van der Waals surface area contributed by atoms with Crippen molar-refractivity contribution in [3.05, 3.63) is 29.8 Å². The average molecular weight is 232 g/mol. The van der Waals surface area contributed by atoms with Gasteiger partial charge in [-0.1, -0.05) is 38.1 Å². The molecule has 2 aliphatic heterocycles. The van der Waals surface area contributed by atoms with E-state index in [1.165, 1.54) is 5.56 Å². The van der Waals surface area contributed by atoms with Crippen molar-refractivity contribution in [2.24, 2.45) is 5.41 Å². The van der Waals surface area contributed by atoms with Gasteiger partial charge in [0.25, 0.3) is 0 Å². The van der Waals surface area contributed by atoms with Crippen molar-refractivity contribution in [2.45, 2.75) is 20.0 Å². The van der Waals surface area contributed by atoms with Crippen molar-refractivity contribution < 1.29 is 14.0 Å². The van der Waals surface area contributed by atoms with Crippen molar-refractivity contribution in [1.29, 1.82) is 0 Å².